The summed E-state index contributed by atoms with van der Waals surface area (Å²) < 4.78 is 56.3. The van der Waals surface area contributed by atoms with Crippen LogP contribution in [0.3, 0.4) is 0 Å². The monoisotopic (exact) mass is 2180 g/mol. The maximum atomic E-state index is 12.3. The van der Waals surface area contributed by atoms with Gasteiger partial charge in [-0.25, -0.2) is 0 Å². The van der Waals surface area contributed by atoms with Gasteiger partial charge in [0.2, 0.25) is 59.1 Å². The summed E-state index contributed by atoms with van der Waals surface area (Å²) in [5, 5.41) is 46.5. The summed E-state index contributed by atoms with van der Waals surface area (Å²) in [6, 6.07) is 48.3. The third kappa shape index (κ3) is 25.9. The van der Waals surface area contributed by atoms with Crippen LogP contribution in [0.2, 0.25) is 0 Å². The number of benzene rings is 10. The molecule has 0 radical (unpaired) electrons. The van der Waals surface area contributed by atoms with Crippen LogP contribution in [0, 0.1) is 7.43 Å². The third-order valence-corrected chi connectivity index (χ3v) is 24.1. The standard InChI is InChI=1S/5C20H21N3O4.CH3.4ClH.W/c5*1-23(2)9-10-26-13-4-5-14-12(11-13)3-7-16-18(14)19(22-27-16)15-6-8-17(24)21-20(15)25;;;;;;/h5*3-5,7,11,15H,6,8-10H2,1-2H3,(H,21,24,25);1H3;4*1H;/q;;;;;-1;;;;;/t4*15-;;;;;;;/m1100......./s1. The summed E-state index contributed by atoms with van der Waals surface area (Å²) in [7, 11) is 20.0. The van der Waals surface area contributed by atoms with Gasteiger partial charge in [-0.3, -0.25) is 74.5 Å². The molecule has 5 N–H and O–H groups in total. The van der Waals surface area contributed by atoms with Gasteiger partial charge in [-0.2, -0.15) is 0 Å². The molecule has 5 saturated heterocycles. The molecule has 20 rings (SSSR count). The first kappa shape index (κ1) is 110. The number of hydrogen-bond donors (Lipinski definition) is 5. The van der Waals surface area contributed by atoms with Crippen LogP contribution >= 0.6 is 49.6 Å². The van der Waals surface area contributed by atoms with E-state index in [9.17, 15) is 47.9 Å². The molecule has 40 heteroatoms. The van der Waals surface area contributed by atoms with Crippen molar-refractivity contribution in [3.05, 3.63) is 188 Å². The van der Waals surface area contributed by atoms with Crippen LogP contribution in [0.1, 0.15) is 122 Å². The molecule has 10 heterocycles. The Labute approximate surface area is 850 Å². The van der Waals surface area contributed by atoms with Crippen molar-refractivity contribution >= 4 is 217 Å². The number of nitrogens with zero attached hydrogens (tertiary/aromatic N) is 10. The number of aromatic nitrogens is 5. The van der Waals surface area contributed by atoms with Gasteiger partial charge in [0.05, 0.1) is 56.5 Å². The van der Waals surface area contributed by atoms with Gasteiger partial charge in [0.1, 0.15) is 90.3 Å². The largest absolute Gasteiger partial charge is 0.492 e. The van der Waals surface area contributed by atoms with Crippen molar-refractivity contribution in [2.24, 2.45) is 0 Å². The minimum atomic E-state index is -0.481. The van der Waals surface area contributed by atoms with E-state index in [1.54, 1.807) is 0 Å². The number of carbonyl (C=O) groups is 10. The molecule has 746 valence electrons. The van der Waals surface area contributed by atoms with E-state index in [1.807, 2.05) is 222 Å². The molecule has 5 aliphatic rings. The maximum absolute atomic E-state index is 12.3. The van der Waals surface area contributed by atoms with Crippen molar-refractivity contribution in [2.75, 3.05) is 136 Å². The number of rotatable bonds is 25. The van der Waals surface area contributed by atoms with Crippen molar-refractivity contribution in [1.82, 2.24) is 76.9 Å². The minimum absolute atomic E-state index is 0. The van der Waals surface area contributed by atoms with Crippen molar-refractivity contribution < 1.29 is 115 Å². The normalized spacial score (nSPS) is 16.9. The van der Waals surface area contributed by atoms with Crippen LogP contribution in [0.4, 0.5) is 0 Å². The van der Waals surface area contributed by atoms with Crippen molar-refractivity contribution in [3.63, 3.8) is 0 Å². The summed E-state index contributed by atoms with van der Waals surface area (Å²) >= 11 is 0. The number of imide groups is 5. The van der Waals surface area contributed by atoms with Crippen LogP contribution < -0.4 is 50.3 Å². The Balaban J connectivity index is 0.000000179. The summed E-state index contributed by atoms with van der Waals surface area (Å²) in [5.41, 5.74) is 6.07. The zero-order valence-corrected chi connectivity index (χ0v) is 85.8. The van der Waals surface area contributed by atoms with Gasteiger partial charge in [-0.15, -0.1) is 49.6 Å². The molecule has 5 atom stereocenters. The Morgan fingerprint density at radius 1 is 0.262 bits per heavy atom. The molecule has 0 aliphatic carbocycles. The molecule has 0 bridgehead atoms. The topological polar surface area (TPSA) is 423 Å². The summed E-state index contributed by atoms with van der Waals surface area (Å²) in [6.45, 7) is 7.21. The Morgan fingerprint density at radius 3 is 0.574 bits per heavy atom. The Kier molecular flexibility index (Phi) is 38.7. The molecule has 141 heavy (non-hydrogen) atoms. The summed E-state index contributed by atoms with van der Waals surface area (Å²) in [4.78, 5) is 129. The van der Waals surface area contributed by atoms with E-state index in [4.69, 9.17) is 46.3 Å². The number of nitrogens with one attached hydrogen (secondary N) is 5. The average molecular weight is 2180 g/mol. The molecule has 0 spiro atoms. The van der Waals surface area contributed by atoms with Crippen molar-refractivity contribution in [1.29, 1.82) is 0 Å². The molecule has 15 aromatic rings. The van der Waals surface area contributed by atoms with E-state index < -0.39 is 29.6 Å². The predicted octanol–water partition coefficient (Wildman–Crippen LogP) is 14.3. The molecular weight excluding hydrogens is 2070 g/mol. The zero-order chi connectivity index (χ0) is 94.8. The quantitative estimate of drug-likeness (QED) is 0.0262. The van der Waals surface area contributed by atoms with E-state index in [0.717, 1.165) is 142 Å². The van der Waals surface area contributed by atoms with Gasteiger partial charge >= 0.3 is 0 Å². The molecule has 1 unspecified atom stereocenters. The third-order valence-electron chi connectivity index (χ3n) is 24.1. The van der Waals surface area contributed by atoms with Crippen LogP contribution in [0.5, 0.6) is 28.7 Å². The molecular formula is C101H112Cl4N15O20W-. The molecule has 5 aliphatic heterocycles. The van der Waals surface area contributed by atoms with Gasteiger partial charge in [-0.05, 0) is 278 Å². The first-order chi connectivity index (χ1) is 65.1. The smallest absolute Gasteiger partial charge is 0.235 e. The fraction of sp³-hybridized carbons (Fsp3) is 0.347. The second kappa shape index (κ2) is 49.5. The van der Waals surface area contributed by atoms with E-state index in [1.165, 1.54) is 0 Å². The number of halogens is 4. The Bertz CT molecular complexity index is 6120. The van der Waals surface area contributed by atoms with Gasteiger partial charge in [0, 0.05) is 85.9 Å². The maximum Gasteiger partial charge on any atom is 0.235 e. The minimum Gasteiger partial charge on any atom is -0.492 e. The van der Waals surface area contributed by atoms with Gasteiger partial charge < -0.3 is 78.2 Å². The van der Waals surface area contributed by atoms with E-state index in [-0.39, 0.29) is 137 Å². The average Bonchev–Trinajstić information content (AvgIpc) is 1.66. The number of amides is 10. The second-order valence-electron chi connectivity index (χ2n) is 35.2. The fourth-order valence-corrected chi connectivity index (χ4v) is 17.0. The number of hydrogen-bond acceptors (Lipinski definition) is 30. The number of carbonyl (C=O) groups excluding carboxylic acids is 10. The van der Waals surface area contributed by atoms with Crippen LogP contribution in [0.25, 0.3) is 109 Å². The van der Waals surface area contributed by atoms with Gasteiger partial charge in [0.25, 0.3) is 0 Å². The summed E-state index contributed by atoms with van der Waals surface area (Å²) in [6.07, 6.45) is 3.72. The van der Waals surface area contributed by atoms with E-state index in [2.05, 4.69) is 76.9 Å². The molecule has 35 nitrogen and oxygen atoms in total. The van der Waals surface area contributed by atoms with Crippen LogP contribution in [-0.2, 0) is 69.0 Å². The Morgan fingerprint density at radius 2 is 0.426 bits per heavy atom. The van der Waals surface area contributed by atoms with Crippen molar-refractivity contribution in [2.45, 2.75) is 93.8 Å². The number of fused-ring (bicyclic) bond motifs is 15. The SMILES string of the molecule is CN(C)CCOc1ccc2c(ccc3onc(C4CCC(=O)NC4=O)c32)c1.CN(C)CCOc1ccc2c(ccc3onc([C@@H]4CCC(=O)NC4=O)c32)c1.CN(C)CCOc1ccc2c(ccc3onc([C@@H]4CCC(=O)NC4=O)c32)c1.CN(C)CCOc1ccc2c(ccc3onc([C@H]4CCC(=O)NC4=O)c32)c1.CN(C)CCOc1ccc2c(ccc3onc([C@H]4CCC(=O)NC4=O)c32)c1.Cl.Cl.Cl.Cl.[CH3-].[W]. The number of piperidine rings is 5. The van der Waals surface area contributed by atoms with E-state index >= 15 is 0 Å². The summed E-state index contributed by atoms with van der Waals surface area (Å²) in [5.74, 6) is -1.23. The Hall–Kier alpha value is -12.8. The van der Waals surface area contributed by atoms with Crippen LogP contribution in [-0.4, -0.2) is 246 Å². The molecule has 5 fully saturated rings. The molecule has 10 amide bonds. The van der Waals surface area contributed by atoms with Crippen LogP contribution in [0.15, 0.2) is 174 Å². The van der Waals surface area contributed by atoms with Crippen molar-refractivity contribution in [3.8, 4) is 28.7 Å². The molecule has 10 aromatic carbocycles. The first-order valence-electron chi connectivity index (χ1n) is 44.8. The van der Waals surface area contributed by atoms with E-state index in [0.29, 0.717) is 154 Å². The number of likely N-dealkylation sites (N-methyl/N-ethyl adjacent to an activating group) is 5. The van der Waals surface area contributed by atoms with Gasteiger partial charge in [-0.1, -0.05) is 56.1 Å². The molecule has 5 aromatic heterocycles. The number of ether oxygens (including phenoxy) is 5. The zero-order valence-electron chi connectivity index (χ0n) is 79.6. The second-order valence-corrected chi connectivity index (χ2v) is 35.2. The molecule has 0 saturated carbocycles. The van der Waals surface area contributed by atoms with Gasteiger partial charge in [0.15, 0.2) is 27.9 Å². The fourth-order valence-electron chi connectivity index (χ4n) is 17.0. The first-order valence-corrected chi connectivity index (χ1v) is 44.8. The predicted molar refractivity (Wildman–Crippen MR) is 539 cm³/mol.